The zero-order chi connectivity index (χ0) is 15.7. The summed E-state index contributed by atoms with van der Waals surface area (Å²) in [4.78, 5) is 0. The van der Waals surface area contributed by atoms with Crippen LogP contribution in [-0.4, -0.2) is 40.2 Å². The maximum Gasteiger partial charge on any atom is 0.276 e. The van der Waals surface area contributed by atoms with Gasteiger partial charge in [-0.1, -0.05) is 0 Å². The number of sulfonamides is 1. The van der Waals surface area contributed by atoms with E-state index in [1.807, 2.05) is 0 Å². The Balaban J connectivity index is 1.76. The highest BCUT2D eigenvalue weighted by Gasteiger charge is 2.37. The van der Waals surface area contributed by atoms with E-state index in [4.69, 9.17) is 4.42 Å². The van der Waals surface area contributed by atoms with Gasteiger partial charge in [0.15, 0.2) is 0 Å². The number of furan rings is 1. The first kappa shape index (κ1) is 15.3. The molecule has 2 aromatic heterocycles. The SMILES string of the molecule is Cn1cc([C@H](O)C[C@@H]2CCCN2S(=O)(=O)c2ccco2)cn1. The van der Waals surface area contributed by atoms with Gasteiger partial charge in [-0.05, 0) is 31.4 Å². The molecule has 0 saturated carbocycles. The van der Waals surface area contributed by atoms with Gasteiger partial charge in [0.1, 0.15) is 0 Å². The highest BCUT2D eigenvalue weighted by atomic mass is 32.2. The standard InChI is InChI=1S/C14H19N3O4S/c1-16-10-11(9-15-16)13(18)8-12-4-2-6-17(12)22(19,20)14-5-3-7-21-14/h3,5,7,9-10,12-13,18H,2,4,6,8H2,1H3/t12-,13+/m0/s1. The molecule has 2 atom stereocenters. The van der Waals surface area contributed by atoms with E-state index in [0.717, 1.165) is 12.8 Å². The van der Waals surface area contributed by atoms with Crippen molar-refractivity contribution in [2.75, 3.05) is 6.54 Å². The summed E-state index contributed by atoms with van der Waals surface area (Å²) in [5.74, 6) is 0. The largest absolute Gasteiger partial charge is 0.452 e. The first-order valence-corrected chi connectivity index (χ1v) is 8.64. The quantitative estimate of drug-likeness (QED) is 0.895. The van der Waals surface area contributed by atoms with E-state index < -0.39 is 16.1 Å². The second-order valence-electron chi connectivity index (χ2n) is 5.54. The van der Waals surface area contributed by atoms with Crippen molar-refractivity contribution in [2.45, 2.75) is 36.5 Å². The number of rotatable bonds is 5. The van der Waals surface area contributed by atoms with Crippen molar-refractivity contribution in [3.8, 4) is 0 Å². The lowest BCUT2D eigenvalue weighted by Gasteiger charge is -2.24. The Labute approximate surface area is 129 Å². The van der Waals surface area contributed by atoms with E-state index in [1.54, 1.807) is 30.2 Å². The summed E-state index contributed by atoms with van der Waals surface area (Å²) in [6, 6.07) is 2.77. The fourth-order valence-corrected chi connectivity index (χ4v) is 4.51. The number of aliphatic hydroxyl groups excluding tert-OH is 1. The van der Waals surface area contributed by atoms with Gasteiger partial charge in [0.25, 0.3) is 10.0 Å². The normalized spacial score (nSPS) is 21.3. The molecule has 0 aromatic carbocycles. The first-order valence-electron chi connectivity index (χ1n) is 7.20. The Hall–Kier alpha value is -1.64. The van der Waals surface area contributed by atoms with Gasteiger partial charge >= 0.3 is 0 Å². The molecule has 8 heteroatoms. The lowest BCUT2D eigenvalue weighted by atomic mass is 10.0. The molecule has 120 valence electrons. The van der Waals surface area contributed by atoms with Crippen LogP contribution < -0.4 is 0 Å². The summed E-state index contributed by atoms with van der Waals surface area (Å²) in [5.41, 5.74) is 0.699. The first-order chi connectivity index (χ1) is 10.5. The number of aromatic nitrogens is 2. The summed E-state index contributed by atoms with van der Waals surface area (Å²) in [7, 11) is -1.86. The molecule has 3 rings (SSSR count). The smallest absolute Gasteiger partial charge is 0.276 e. The van der Waals surface area contributed by atoms with E-state index in [-0.39, 0.29) is 11.1 Å². The van der Waals surface area contributed by atoms with Gasteiger partial charge in [-0.15, -0.1) is 0 Å². The Morgan fingerprint density at radius 3 is 3.00 bits per heavy atom. The van der Waals surface area contributed by atoms with Crippen molar-refractivity contribution < 1.29 is 17.9 Å². The topological polar surface area (TPSA) is 88.6 Å². The van der Waals surface area contributed by atoms with Crippen LogP contribution in [0.4, 0.5) is 0 Å². The van der Waals surface area contributed by atoms with Gasteiger partial charge in [-0.2, -0.15) is 9.40 Å². The Morgan fingerprint density at radius 1 is 1.55 bits per heavy atom. The third-order valence-corrected chi connectivity index (χ3v) is 5.83. The summed E-state index contributed by atoms with van der Waals surface area (Å²) in [6.07, 6.45) is 5.83. The minimum absolute atomic E-state index is 0.0460. The zero-order valence-corrected chi connectivity index (χ0v) is 13.1. The molecule has 0 unspecified atom stereocenters. The number of hydrogen-bond acceptors (Lipinski definition) is 5. The van der Waals surface area contributed by atoms with Crippen LogP contribution in [0.25, 0.3) is 0 Å². The van der Waals surface area contributed by atoms with E-state index in [1.165, 1.54) is 16.6 Å². The lowest BCUT2D eigenvalue weighted by Crippen LogP contribution is -2.36. The maximum absolute atomic E-state index is 12.6. The molecular weight excluding hydrogens is 306 g/mol. The molecule has 0 bridgehead atoms. The number of aliphatic hydroxyl groups is 1. The summed E-state index contributed by atoms with van der Waals surface area (Å²) in [6.45, 7) is 0.452. The van der Waals surface area contributed by atoms with Gasteiger partial charge < -0.3 is 9.52 Å². The Bertz CT molecular complexity index is 723. The van der Waals surface area contributed by atoms with E-state index in [0.29, 0.717) is 18.5 Å². The predicted octanol–water partition coefficient (Wildman–Crippen LogP) is 1.29. The second kappa shape index (κ2) is 5.86. The molecule has 1 N–H and O–H groups in total. The van der Waals surface area contributed by atoms with Crippen LogP contribution in [-0.2, 0) is 17.1 Å². The average Bonchev–Trinajstić information content (AvgIpc) is 3.19. The van der Waals surface area contributed by atoms with Crippen LogP contribution in [0.1, 0.15) is 30.9 Å². The van der Waals surface area contributed by atoms with E-state index in [2.05, 4.69) is 5.10 Å². The molecule has 22 heavy (non-hydrogen) atoms. The molecule has 1 fully saturated rings. The molecule has 1 saturated heterocycles. The number of aryl methyl sites for hydroxylation is 1. The molecular formula is C14H19N3O4S. The van der Waals surface area contributed by atoms with Gasteiger partial charge in [0, 0.05) is 31.4 Å². The van der Waals surface area contributed by atoms with Gasteiger partial charge in [-0.25, -0.2) is 8.42 Å². The molecule has 1 aliphatic heterocycles. The minimum Gasteiger partial charge on any atom is -0.452 e. The monoisotopic (exact) mass is 325 g/mol. The lowest BCUT2D eigenvalue weighted by molar-refractivity contribution is 0.141. The van der Waals surface area contributed by atoms with Crippen molar-refractivity contribution in [3.63, 3.8) is 0 Å². The third-order valence-electron chi connectivity index (χ3n) is 3.99. The molecule has 2 aromatic rings. The van der Waals surface area contributed by atoms with Gasteiger partial charge in [0.05, 0.1) is 18.6 Å². The number of hydrogen-bond donors (Lipinski definition) is 1. The molecule has 0 spiro atoms. The third kappa shape index (κ3) is 2.81. The van der Waals surface area contributed by atoms with Crippen molar-refractivity contribution in [3.05, 3.63) is 36.4 Å². The van der Waals surface area contributed by atoms with E-state index >= 15 is 0 Å². The fraction of sp³-hybridized carbons (Fsp3) is 0.500. The van der Waals surface area contributed by atoms with Crippen LogP contribution >= 0.6 is 0 Å². The predicted molar refractivity (Wildman–Crippen MR) is 78.4 cm³/mol. The summed E-state index contributed by atoms with van der Waals surface area (Å²) < 4.78 is 33.2. The molecule has 7 nitrogen and oxygen atoms in total. The molecule has 0 aliphatic carbocycles. The van der Waals surface area contributed by atoms with Crippen molar-refractivity contribution >= 4 is 10.0 Å². The highest BCUT2D eigenvalue weighted by molar-refractivity contribution is 7.89. The number of nitrogens with zero attached hydrogens (tertiary/aromatic N) is 3. The Morgan fingerprint density at radius 2 is 2.36 bits per heavy atom. The average molecular weight is 325 g/mol. The molecule has 0 radical (unpaired) electrons. The van der Waals surface area contributed by atoms with Gasteiger partial charge in [0.2, 0.25) is 5.09 Å². The fourth-order valence-electron chi connectivity index (χ4n) is 2.89. The molecule has 0 amide bonds. The van der Waals surface area contributed by atoms with Crippen LogP contribution in [0, 0.1) is 0 Å². The van der Waals surface area contributed by atoms with Gasteiger partial charge in [-0.3, -0.25) is 4.68 Å². The van der Waals surface area contributed by atoms with Crippen LogP contribution in [0.2, 0.25) is 0 Å². The zero-order valence-electron chi connectivity index (χ0n) is 12.3. The Kier molecular flexibility index (Phi) is 4.07. The van der Waals surface area contributed by atoms with Crippen molar-refractivity contribution in [2.24, 2.45) is 7.05 Å². The molecule has 1 aliphatic rings. The molecule has 3 heterocycles. The van der Waals surface area contributed by atoms with Crippen molar-refractivity contribution in [1.82, 2.24) is 14.1 Å². The summed E-state index contributed by atoms with van der Waals surface area (Å²) >= 11 is 0. The van der Waals surface area contributed by atoms with Crippen LogP contribution in [0.5, 0.6) is 0 Å². The minimum atomic E-state index is -3.63. The van der Waals surface area contributed by atoms with Crippen LogP contribution in [0.15, 0.2) is 40.3 Å². The second-order valence-corrected chi connectivity index (χ2v) is 7.36. The highest BCUT2D eigenvalue weighted by Crippen LogP contribution is 2.31. The van der Waals surface area contributed by atoms with Crippen LogP contribution in [0.3, 0.4) is 0 Å². The van der Waals surface area contributed by atoms with Crippen molar-refractivity contribution in [1.29, 1.82) is 0 Å². The maximum atomic E-state index is 12.6. The summed E-state index contributed by atoms with van der Waals surface area (Å²) in [5, 5.41) is 14.3. The van der Waals surface area contributed by atoms with E-state index in [9.17, 15) is 13.5 Å².